The van der Waals surface area contributed by atoms with Gasteiger partial charge in [0, 0.05) is 33.7 Å². The first-order valence-electron chi connectivity index (χ1n) is 15.2. The van der Waals surface area contributed by atoms with Crippen molar-refractivity contribution in [3.63, 3.8) is 0 Å². The topological polar surface area (TPSA) is 9.86 Å². The Labute approximate surface area is 254 Å². The van der Waals surface area contributed by atoms with Gasteiger partial charge in [0.05, 0.1) is 16.6 Å². The minimum atomic E-state index is 1.17. The number of rotatable bonds is 3. The molecule has 0 aliphatic heterocycles. The van der Waals surface area contributed by atoms with Crippen molar-refractivity contribution in [2.75, 3.05) is 0 Å². The maximum Gasteiger partial charge on any atom is 0.0548 e. The van der Waals surface area contributed by atoms with Crippen molar-refractivity contribution < 1.29 is 0 Å². The lowest BCUT2D eigenvalue weighted by molar-refractivity contribution is 1.13. The van der Waals surface area contributed by atoms with E-state index in [1.165, 1.54) is 87.5 Å². The molecule has 0 saturated heterocycles. The molecule has 0 saturated carbocycles. The molecular formula is C42H26N2. The molecule has 2 nitrogen and oxygen atoms in total. The van der Waals surface area contributed by atoms with E-state index in [2.05, 4.69) is 167 Å². The minimum absolute atomic E-state index is 1.17. The van der Waals surface area contributed by atoms with Crippen molar-refractivity contribution in [3.8, 4) is 22.5 Å². The van der Waals surface area contributed by atoms with Crippen LogP contribution in [0.1, 0.15) is 0 Å². The van der Waals surface area contributed by atoms with Crippen LogP contribution in [-0.4, -0.2) is 9.13 Å². The smallest absolute Gasteiger partial charge is 0.0548 e. The maximum absolute atomic E-state index is 2.43. The number of hydrogen-bond donors (Lipinski definition) is 0. The summed E-state index contributed by atoms with van der Waals surface area (Å²) in [5, 5.41) is 11.6. The zero-order valence-corrected chi connectivity index (χ0v) is 23.9. The largest absolute Gasteiger partial charge is 0.317 e. The van der Waals surface area contributed by atoms with Gasteiger partial charge >= 0.3 is 0 Å². The third kappa shape index (κ3) is 3.25. The quantitative estimate of drug-likeness (QED) is 0.191. The maximum atomic E-state index is 2.43. The van der Waals surface area contributed by atoms with Crippen molar-refractivity contribution >= 4 is 65.0 Å². The number of hydrogen-bond acceptors (Lipinski definition) is 0. The van der Waals surface area contributed by atoms with Crippen LogP contribution in [0.5, 0.6) is 0 Å². The van der Waals surface area contributed by atoms with Gasteiger partial charge in [0.1, 0.15) is 0 Å². The van der Waals surface area contributed by atoms with Crippen LogP contribution in [0.4, 0.5) is 0 Å². The lowest BCUT2D eigenvalue weighted by Gasteiger charge is -2.15. The number of para-hydroxylation sites is 2. The molecule has 0 N–H and O–H groups in total. The fraction of sp³-hybridized carbons (Fsp3) is 0. The lowest BCUT2D eigenvalue weighted by Crippen LogP contribution is -1.95. The molecule has 0 atom stereocenters. The van der Waals surface area contributed by atoms with Gasteiger partial charge in [-0.15, -0.1) is 0 Å². The van der Waals surface area contributed by atoms with Crippen molar-refractivity contribution in [1.82, 2.24) is 9.13 Å². The van der Waals surface area contributed by atoms with Gasteiger partial charge in [0.15, 0.2) is 0 Å². The minimum Gasteiger partial charge on any atom is -0.317 e. The Bertz CT molecular complexity index is 2690. The molecule has 0 fully saturated rings. The van der Waals surface area contributed by atoms with Crippen molar-refractivity contribution in [2.45, 2.75) is 0 Å². The monoisotopic (exact) mass is 558 g/mol. The van der Waals surface area contributed by atoms with E-state index in [1.54, 1.807) is 0 Å². The Morgan fingerprint density at radius 1 is 0.364 bits per heavy atom. The lowest BCUT2D eigenvalue weighted by atomic mass is 9.90. The third-order valence-electron chi connectivity index (χ3n) is 9.46. The highest BCUT2D eigenvalue weighted by Gasteiger charge is 2.17. The van der Waals surface area contributed by atoms with Gasteiger partial charge in [-0.2, -0.15) is 0 Å². The van der Waals surface area contributed by atoms with Gasteiger partial charge in [-0.1, -0.05) is 103 Å². The van der Waals surface area contributed by atoms with Crippen LogP contribution in [0.25, 0.3) is 87.5 Å². The first kappa shape index (κ1) is 23.7. The van der Waals surface area contributed by atoms with Crippen LogP contribution in [0.2, 0.25) is 0 Å². The second-order valence-corrected chi connectivity index (χ2v) is 11.8. The molecule has 2 heteroatoms. The molecule has 0 spiro atoms. The summed E-state index contributed by atoms with van der Waals surface area (Å²) in [7, 11) is 0. The van der Waals surface area contributed by atoms with Crippen molar-refractivity contribution in [3.05, 3.63) is 158 Å². The zero-order chi connectivity index (χ0) is 28.8. The molecule has 0 amide bonds. The predicted molar refractivity (Wildman–Crippen MR) is 187 cm³/mol. The number of fused-ring (bicyclic) bond motifs is 4. The van der Waals surface area contributed by atoms with Crippen LogP contribution in [0.15, 0.2) is 158 Å². The van der Waals surface area contributed by atoms with Crippen molar-refractivity contribution in [2.24, 2.45) is 0 Å². The Hall–Kier alpha value is -5.86. The number of aromatic nitrogens is 2. The first-order chi connectivity index (χ1) is 21.8. The summed E-state index contributed by atoms with van der Waals surface area (Å²) in [6.07, 6.45) is 2.18. The van der Waals surface area contributed by atoms with Crippen LogP contribution in [0.3, 0.4) is 0 Å². The summed E-state index contributed by atoms with van der Waals surface area (Å²) < 4.78 is 4.72. The molecule has 2 aromatic heterocycles. The van der Waals surface area contributed by atoms with Gasteiger partial charge in [-0.25, -0.2) is 0 Å². The van der Waals surface area contributed by atoms with Gasteiger partial charge in [-0.05, 0) is 92.0 Å². The summed E-state index contributed by atoms with van der Waals surface area (Å²) >= 11 is 0. The van der Waals surface area contributed by atoms with Gasteiger partial charge in [0.25, 0.3) is 0 Å². The van der Waals surface area contributed by atoms with Gasteiger partial charge < -0.3 is 9.13 Å². The predicted octanol–water partition coefficient (Wildman–Crippen LogP) is 11.3. The van der Waals surface area contributed by atoms with E-state index in [4.69, 9.17) is 0 Å². The molecule has 44 heavy (non-hydrogen) atoms. The fourth-order valence-corrected chi connectivity index (χ4v) is 7.49. The van der Waals surface area contributed by atoms with Gasteiger partial charge in [0.2, 0.25) is 0 Å². The third-order valence-corrected chi connectivity index (χ3v) is 9.46. The van der Waals surface area contributed by atoms with E-state index in [0.717, 1.165) is 0 Å². The summed E-state index contributed by atoms with van der Waals surface area (Å²) in [6.45, 7) is 0. The molecule has 0 aliphatic carbocycles. The molecule has 10 aromatic rings. The van der Waals surface area contributed by atoms with Crippen LogP contribution < -0.4 is 0 Å². The summed E-state index contributed by atoms with van der Waals surface area (Å²) in [6, 6.07) is 55.6. The summed E-state index contributed by atoms with van der Waals surface area (Å²) in [5.74, 6) is 0. The molecule has 8 aromatic carbocycles. The summed E-state index contributed by atoms with van der Waals surface area (Å²) in [4.78, 5) is 0. The molecule has 204 valence electrons. The van der Waals surface area contributed by atoms with E-state index < -0.39 is 0 Å². The van der Waals surface area contributed by atoms with E-state index in [0.29, 0.717) is 0 Å². The van der Waals surface area contributed by atoms with Crippen molar-refractivity contribution in [1.29, 1.82) is 0 Å². The second-order valence-electron chi connectivity index (χ2n) is 11.8. The standard InChI is InChI=1S/C42H26N2/c1-2-11-32(12-3-1)43-23-22-31-25-40-37(26-39(31)43)35-14-4-5-15-38(35)44(40)33-13-7-10-30(24-33)34-20-18-29-17-16-27-8-6-9-28-19-21-36(34)42(29)41(27)28/h1-26H. The summed E-state index contributed by atoms with van der Waals surface area (Å²) in [5.41, 5.74) is 8.48. The highest BCUT2D eigenvalue weighted by atomic mass is 15.0. The first-order valence-corrected chi connectivity index (χ1v) is 15.2. The van der Waals surface area contributed by atoms with Crippen LogP contribution in [0, 0.1) is 0 Å². The normalized spacial score (nSPS) is 12.1. The molecule has 2 heterocycles. The molecular weight excluding hydrogens is 532 g/mol. The second kappa shape index (κ2) is 8.82. The Kier molecular flexibility index (Phi) is 4.75. The highest BCUT2D eigenvalue weighted by Crippen LogP contribution is 2.41. The van der Waals surface area contributed by atoms with Crippen LogP contribution in [-0.2, 0) is 0 Å². The fourth-order valence-electron chi connectivity index (χ4n) is 7.49. The van der Waals surface area contributed by atoms with E-state index in [1.807, 2.05) is 0 Å². The van der Waals surface area contributed by atoms with Crippen LogP contribution >= 0.6 is 0 Å². The van der Waals surface area contributed by atoms with E-state index in [9.17, 15) is 0 Å². The van der Waals surface area contributed by atoms with E-state index >= 15 is 0 Å². The molecule has 0 bridgehead atoms. The molecule has 0 radical (unpaired) electrons. The number of nitrogens with zero attached hydrogens (tertiary/aromatic N) is 2. The average molecular weight is 559 g/mol. The molecule has 0 aliphatic rings. The highest BCUT2D eigenvalue weighted by molar-refractivity contribution is 6.25. The molecule has 0 unspecified atom stereocenters. The Balaban J connectivity index is 1.21. The average Bonchev–Trinajstić information content (AvgIpc) is 3.65. The Morgan fingerprint density at radius 3 is 1.98 bits per heavy atom. The SMILES string of the molecule is c1ccc(-n2ccc3cc4c(cc32)c2ccccc2n4-c2cccc(-c3ccc4ccc5cccc6ccc3c4c56)c2)cc1. The Morgan fingerprint density at radius 2 is 1.09 bits per heavy atom. The van der Waals surface area contributed by atoms with E-state index in [-0.39, 0.29) is 0 Å². The van der Waals surface area contributed by atoms with Gasteiger partial charge in [-0.3, -0.25) is 0 Å². The zero-order valence-electron chi connectivity index (χ0n) is 23.9. The molecule has 10 rings (SSSR count). The number of benzene rings is 8.